The van der Waals surface area contributed by atoms with Crippen molar-refractivity contribution in [2.24, 2.45) is 5.73 Å². The van der Waals surface area contributed by atoms with Gasteiger partial charge in [-0.3, -0.25) is 0 Å². The van der Waals surface area contributed by atoms with Gasteiger partial charge in [0.25, 0.3) is 0 Å². The Bertz CT molecular complexity index is 145. The van der Waals surface area contributed by atoms with Gasteiger partial charge in [0, 0.05) is 26.2 Å². The quantitative estimate of drug-likeness (QED) is 0.593. The lowest BCUT2D eigenvalue weighted by Crippen LogP contribution is -2.40. The molecule has 1 fully saturated rings. The molecular formula is C7H15N3O. The van der Waals surface area contributed by atoms with Crippen LogP contribution in [0.4, 0.5) is 4.79 Å². The van der Waals surface area contributed by atoms with E-state index in [0.717, 1.165) is 12.8 Å². The number of nitrogens with two attached hydrogens (primary N) is 1. The number of nitrogens with one attached hydrogen (secondary N) is 1. The predicted molar refractivity (Wildman–Crippen MR) is 43.2 cm³/mol. The lowest BCUT2D eigenvalue weighted by atomic mass is 10.5. The number of hydrogen-bond donors (Lipinski definition) is 2. The summed E-state index contributed by atoms with van der Waals surface area (Å²) in [5.41, 5.74) is 5.29. The lowest BCUT2D eigenvalue weighted by Gasteiger charge is -2.16. The van der Waals surface area contributed by atoms with Crippen LogP contribution in [-0.4, -0.2) is 37.1 Å². The summed E-state index contributed by atoms with van der Waals surface area (Å²) >= 11 is 0. The maximum absolute atomic E-state index is 11.1. The van der Waals surface area contributed by atoms with Crippen molar-refractivity contribution in [1.82, 2.24) is 10.2 Å². The summed E-state index contributed by atoms with van der Waals surface area (Å²) in [6.07, 6.45) is 2.25. The molecule has 0 aromatic heterocycles. The van der Waals surface area contributed by atoms with Crippen molar-refractivity contribution < 1.29 is 4.79 Å². The Morgan fingerprint density at radius 2 is 2.36 bits per heavy atom. The molecule has 64 valence electrons. The Morgan fingerprint density at radius 3 is 2.82 bits per heavy atom. The van der Waals surface area contributed by atoms with E-state index >= 15 is 0 Å². The van der Waals surface area contributed by atoms with Crippen LogP contribution in [0.1, 0.15) is 12.8 Å². The SMILES string of the molecule is CN(CCN)C(=O)NC1CC1. The van der Waals surface area contributed by atoms with Crippen molar-refractivity contribution in [3.63, 3.8) is 0 Å². The van der Waals surface area contributed by atoms with Gasteiger partial charge in [0.2, 0.25) is 0 Å². The molecule has 1 aliphatic rings. The molecule has 0 radical (unpaired) electrons. The van der Waals surface area contributed by atoms with Crippen LogP contribution in [0, 0.1) is 0 Å². The van der Waals surface area contributed by atoms with Gasteiger partial charge in [-0.15, -0.1) is 0 Å². The highest BCUT2D eigenvalue weighted by molar-refractivity contribution is 5.74. The normalized spacial score (nSPS) is 16.2. The van der Waals surface area contributed by atoms with Crippen LogP contribution in [0.15, 0.2) is 0 Å². The zero-order valence-corrected chi connectivity index (χ0v) is 6.84. The van der Waals surface area contributed by atoms with E-state index in [4.69, 9.17) is 5.73 Å². The van der Waals surface area contributed by atoms with Crippen molar-refractivity contribution >= 4 is 6.03 Å². The molecule has 4 nitrogen and oxygen atoms in total. The van der Waals surface area contributed by atoms with Crippen molar-refractivity contribution in [3.05, 3.63) is 0 Å². The molecule has 0 aromatic rings. The first kappa shape index (κ1) is 8.33. The number of nitrogens with zero attached hydrogens (tertiary/aromatic N) is 1. The van der Waals surface area contributed by atoms with E-state index in [0.29, 0.717) is 19.1 Å². The molecule has 11 heavy (non-hydrogen) atoms. The molecule has 0 atom stereocenters. The first-order valence-electron chi connectivity index (χ1n) is 3.95. The summed E-state index contributed by atoms with van der Waals surface area (Å²) in [6, 6.07) is 0.431. The number of likely N-dealkylation sites (N-methyl/N-ethyl adjacent to an activating group) is 1. The van der Waals surface area contributed by atoms with Crippen LogP contribution in [0.3, 0.4) is 0 Å². The molecule has 1 rings (SSSR count). The Kier molecular flexibility index (Phi) is 2.70. The van der Waals surface area contributed by atoms with E-state index in [1.807, 2.05) is 0 Å². The summed E-state index contributed by atoms with van der Waals surface area (Å²) in [6.45, 7) is 1.15. The van der Waals surface area contributed by atoms with Crippen LogP contribution in [-0.2, 0) is 0 Å². The summed E-state index contributed by atoms with van der Waals surface area (Å²) in [7, 11) is 1.75. The molecule has 0 aromatic carbocycles. The van der Waals surface area contributed by atoms with Gasteiger partial charge < -0.3 is 16.0 Å². The summed E-state index contributed by atoms with van der Waals surface area (Å²) < 4.78 is 0. The third kappa shape index (κ3) is 2.76. The van der Waals surface area contributed by atoms with Gasteiger partial charge in [-0.05, 0) is 12.8 Å². The van der Waals surface area contributed by atoms with E-state index < -0.39 is 0 Å². The minimum atomic E-state index is -0.00190. The summed E-state index contributed by atoms with van der Waals surface area (Å²) in [5, 5.41) is 2.87. The molecule has 0 unspecified atom stereocenters. The second-order valence-corrected chi connectivity index (χ2v) is 2.93. The molecule has 1 saturated carbocycles. The lowest BCUT2D eigenvalue weighted by molar-refractivity contribution is 0.209. The molecule has 0 spiro atoms. The number of urea groups is 1. The third-order valence-electron chi connectivity index (χ3n) is 1.72. The van der Waals surface area contributed by atoms with Crippen LogP contribution in [0.5, 0.6) is 0 Å². The maximum atomic E-state index is 11.1. The maximum Gasteiger partial charge on any atom is 0.317 e. The fourth-order valence-corrected chi connectivity index (χ4v) is 0.808. The Hall–Kier alpha value is -0.770. The molecular weight excluding hydrogens is 142 g/mol. The standard InChI is InChI=1S/C7H15N3O/c1-10(5-4-8)7(11)9-6-2-3-6/h6H,2-5,8H2,1H3,(H,9,11). The van der Waals surface area contributed by atoms with Crippen LogP contribution < -0.4 is 11.1 Å². The zero-order valence-electron chi connectivity index (χ0n) is 6.84. The highest BCUT2D eigenvalue weighted by Gasteiger charge is 2.24. The Morgan fingerprint density at radius 1 is 1.73 bits per heavy atom. The Labute approximate surface area is 66.7 Å². The number of rotatable bonds is 3. The fraction of sp³-hybridized carbons (Fsp3) is 0.857. The van der Waals surface area contributed by atoms with Gasteiger partial charge in [-0.1, -0.05) is 0 Å². The molecule has 0 bridgehead atoms. The summed E-state index contributed by atoms with van der Waals surface area (Å²) in [5.74, 6) is 0. The second kappa shape index (κ2) is 3.57. The monoisotopic (exact) mass is 157 g/mol. The van der Waals surface area contributed by atoms with Crippen LogP contribution in [0.25, 0.3) is 0 Å². The molecule has 1 aliphatic carbocycles. The predicted octanol–water partition coefficient (Wildman–Crippen LogP) is -0.251. The zero-order chi connectivity index (χ0) is 8.27. The highest BCUT2D eigenvalue weighted by Crippen LogP contribution is 2.18. The largest absolute Gasteiger partial charge is 0.335 e. The van der Waals surface area contributed by atoms with E-state index in [1.54, 1.807) is 11.9 Å². The van der Waals surface area contributed by atoms with Crippen molar-refractivity contribution in [2.45, 2.75) is 18.9 Å². The molecule has 0 heterocycles. The van der Waals surface area contributed by atoms with Gasteiger partial charge in [0.15, 0.2) is 0 Å². The number of amides is 2. The van der Waals surface area contributed by atoms with E-state index in [9.17, 15) is 4.79 Å². The minimum Gasteiger partial charge on any atom is -0.335 e. The fourth-order valence-electron chi connectivity index (χ4n) is 0.808. The van der Waals surface area contributed by atoms with Gasteiger partial charge in [0.1, 0.15) is 0 Å². The van der Waals surface area contributed by atoms with Crippen molar-refractivity contribution in [2.75, 3.05) is 20.1 Å². The number of carbonyl (C=O) groups excluding carboxylic acids is 1. The van der Waals surface area contributed by atoms with Crippen LogP contribution in [0.2, 0.25) is 0 Å². The third-order valence-corrected chi connectivity index (χ3v) is 1.72. The molecule has 3 N–H and O–H groups in total. The van der Waals surface area contributed by atoms with Gasteiger partial charge in [-0.2, -0.15) is 0 Å². The highest BCUT2D eigenvalue weighted by atomic mass is 16.2. The number of hydrogen-bond acceptors (Lipinski definition) is 2. The molecule has 2 amide bonds. The van der Waals surface area contributed by atoms with E-state index in [2.05, 4.69) is 5.32 Å². The second-order valence-electron chi connectivity index (χ2n) is 2.93. The van der Waals surface area contributed by atoms with Crippen molar-refractivity contribution in [3.8, 4) is 0 Å². The summed E-state index contributed by atoms with van der Waals surface area (Å²) in [4.78, 5) is 12.8. The first-order chi connectivity index (χ1) is 5.24. The first-order valence-corrected chi connectivity index (χ1v) is 3.95. The topological polar surface area (TPSA) is 58.4 Å². The average molecular weight is 157 g/mol. The molecule has 0 saturated heterocycles. The van der Waals surface area contributed by atoms with Gasteiger partial charge >= 0.3 is 6.03 Å². The van der Waals surface area contributed by atoms with Crippen molar-refractivity contribution in [1.29, 1.82) is 0 Å². The van der Waals surface area contributed by atoms with Crippen LogP contribution >= 0.6 is 0 Å². The number of carbonyl (C=O) groups is 1. The minimum absolute atomic E-state index is 0.00190. The smallest absolute Gasteiger partial charge is 0.317 e. The van der Waals surface area contributed by atoms with E-state index in [-0.39, 0.29) is 6.03 Å². The van der Waals surface area contributed by atoms with E-state index in [1.165, 1.54) is 0 Å². The van der Waals surface area contributed by atoms with Gasteiger partial charge in [0.05, 0.1) is 0 Å². The Balaban J connectivity index is 2.15. The van der Waals surface area contributed by atoms with Gasteiger partial charge in [-0.25, -0.2) is 4.79 Å². The molecule has 0 aliphatic heterocycles. The average Bonchev–Trinajstić information content (AvgIpc) is 2.72. The molecule has 4 heteroatoms.